The van der Waals surface area contributed by atoms with E-state index in [1.807, 2.05) is 0 Å². The first-order chi connectivity index (χ1) is 6.20. The van der Waals surface area contributed by atoms with Crippen molar-refractivity contribution in [3.05, 3.63) is 23.0 Å². The van der Waals surface area contributed by atoms with Gasteiger partial charge in [0.25, 0.3) is 0 Å². The van der Waals surface area contributed by atoms with E-state index in [9.17, 15) is 9.18 Å². The third-order valence-corrected chi connectivity index (χ3v) is 1.71. The molecule has 0 fully saturated rings. The predicted molar refractivity (Wildman–Crippen MR) is 45.7 cm³/mol. The number of carbonyl (C=O) groups excluding carboxylic acids is 1. The van der Waals surface area contributed by atoms with Crippen molar-refractivity contribution < 1.29 is 13.9 Å². The Labute approximate surface area is 78.8 Å². The molecule has 0 aliphatic heterocycles. The molecule has 0 aliphatic carbocycles. The van der Waals surface area contributed by atoms with Crippen LogP contribution < -0.4 is 4.74 Å². The Bertz CT molecular complexity index is 375. The van der Waals surface area contributed by atoms with Crippen molar-refractivity contribution in [3.8, 4) is 5.75 Å². The second-order valence-corrected chi connectivity index (χ2v) is 2.52. The summed E-state index contributed by atoms with van der Waals surface area (Å²) in [6.45, 7) is 0. The summed E-state index contributed by atoms with van der Waals surface area (Å²) in [5, 5.41) is 0.0432. The Kier molecular flexibility index (Phi) is 3.01. The van der Waals surface area contributed by atoms with Crippen LogP contribution in [0.5, 0.6) is 5.75 Å². The van der Waals surface area contributed by atoms with E-state index in [4.69, 9.17) is 11.6 Å². The zero-order valence-electron chi connectivity index (χ0n) is 6.67. The Morgan fingerprint density at radius 1 is 1.62 bits per heavy atom. The van der Waals surface area contributed by atoms with Crippen LogP contribution in [0.4, 0.5) is 10.1 Å². The summed E-state index contributed by atoms with van der Waals surface area (Å²) in [5.74, 6) is -0.781. The molecule has 5 heteroatoms. The zero-order valence-corrected chi connectivity index (χ0v) is 7.43. The van der Waals surface area contributed by atoms with Crippen molar-refractivity contribution in [1.29, 1.82) is 0 Å². The van der Waals surface area contributed by atoms with Crippen molar-refractivity contribution in [2.24, 2.45) is 4.99 Å². The van der Waals surface area contributed by atoms with Crippen molar-refractivity contribution >= 4 is 23.4 Å². The summed E-state index contributed by atoms with van der Waals surface area (Å²) in [6.07, 6.45) is 1.21. The molecule has 1 rings (SSSR count). The second kappa shape index (κ2) is 4.03. The predicted octanol–water partition coefficient (Wildman–Crippen LogP) is 2.46. The fraction of sp³-hybridized carbons (Fsp3) is 0.125. The first-order valence-electron chi connectivity index (χ1n) is 3.30. The van der Waals surface area contributed by atoms with Crippen molar-refractivity contribution in [1.82, 2.24) is 0 Å². The Morgan fingerprint density at radius 3 is 2.85 bits per heavy atom. The van der Waals surface area contributed by atoms with Crippen LogP contribution in [0.1, 0.15) is 0 Å². The maximum absolute atomic E-state index is 13.2. The van der Waals surface area contributed by atoms with Crippen LogP contribution in [0.2, 0.25) is 5.02 Å². The largest absolute Gasteiger partial charge is 0.494 e. The maximum atomic E-state index is 13.2. The molecule has 0 saturated heterocycles. The molecule has 13 heavy (non-hydrogen) atoms. The van der Waals surface area contributed by atoms with Gasteiger partial charge in [0.15, 0.2) is 11.6 Å². The molecule has 1 aromatic rings. The molecular weight excluding hydrogens is 197 g/mol. The first kappa shape index (κ1) is 9.71. The number of rotatable bonds is 2. The number of hydrogen-bond acceptors (Lipinski definition) is 3. The number of methoxy groups -OCH3 is 1. The van der Waals surface area contributed by atoms with E-state index in [1.165, 1.54) is 25.3 Å². The molecule has 0 bridgehead atoms. The van der Waals surface area contributed by atoms with Gasteiger partial charge in [-0.05, 0) is 12.1 Å². The molecule has 0 N–H and O–H groups in total. The summed E-state index contributed by atoms with van der Waals surface area (Å²) in [7, 11) is 1.31. The van der Waals surface area contributed by atoms with Gasteiger partial charge in [-0.25, -0.2) is 9.18 Å². The van der Waals surface area contributed by atoms with Crippen LogP contribution >= 0.6 is 11.6 Å². The summed E-state index contributed by atoms with van der Waals surface area (Å²) in [5.41, 5.74) is -0.254. The Morgan fingerprint density at radius 2 is 2.31 bits per heavy atom. The summed E-state index contributed by atoms with van der Waals surface area (Å²) >= 11 is 5.57. The fourth-order valence-corrected chi connectivity index (χ4v) is 1.02. The number of nitrogens with zero attached hydrogens (tertiary/aromatic N) is 1. The summed E-state index contributed by atoms with van der Waals surface area (Å²) < 4.78 is 17.9. The van der Waals surface area contributed by atoms with Gasteiger partial charge in [-0.1, -0.05) is 11.6 Å². The number of benzene rings is 1. The molecule has 0 saturated carbocycles. The lowest BCUT2D eigenvalue weighted by molar-refractivity contribution is 0.387. The molecule has 0 aliphatic rings. The highest BCUT2D eigenvalue weighted by molar-refractivity contribution is 6.33. The van der Waals surface area contributed by atoms with Gasteiger partial charge < -0.3 is 4.74 Å². The lowest BCUT2D eigenvalue weighted by Gasteiger charge is -2.03. The topological polar surface area (TPSA) is 38.7 Å². The van der Waals surface area contributed by atoms with Gasteiger partial charge in [0.05, 0.1) is 12.1 Å². The van der Waals surface area contributed by atoms with E-state index in [0.29, 0.717) is 0 Å². The number of ether oxygens (including phenoxy) is 1. The minimum absolute atomic E-state index is 0.0154. The van der Waals surface area contributed by atoms with E-state index < -0.39 is 5.82 Å². The van der Waals surface area contributed by atoms with Gasteiger partial charge in [-0.3, -0.25) is 0 Å². The lowest BCUT2D eigenvalue weighted by atomic mass is 10.3. The minimum atomic E-state index is -0.765. The van der Waals surface area contributed by atoms with Crippen LogP contribution in [0.25, 0.3) is 0 Å². The minimum Gasteiger partial charge on any atom is -0.494 e. The molecule has 0 radical (unpaired) electrons. The molecule has 68 valence electrons. The Balaban J connectivity index is 3.37. The van der Waals surface area contributed by atoms with Gasteiger partial charge in [0.1, 0.15) is 5.69 Å². The number of hydrogen-bond donors (Lipinski definition) is 0. The smallest absolute Gasteiger partial charge is 0.240 e. The molecule has 0 amide bonds. The van der Waals surface area contributed by atoms with Crippen LogP contribution in [-0.2, 0) is 4.79 Å². The van der Waals surface area contributed by atoms with Crippen molar-refractivity contribution in [2.45, 2.75) is 0 Å². The fourth-order valence-electron chi connectivity index (χ4n) is 0.828. The number of aliphatic imine (C=N–C) groups is 1. The van der Waals surface area contributed by atoms with Crippen LogP contribution in [0.15, 0.2) is 17.1 Å². The molecule has 0 spiro atoms. The average molecular weight is 202 g/mol. The average Bonchev–Trinajstić information content (AvgIpc) is 2.12. The number of isocyanates is 1. The van der Waals surface area contributed by atoms with Crippen LogP contribution in [0, 0.1) is 5.82 Å². The summed E-state index contributed by atoms with van der Waals surface area (Å²) in [6, 6.07) is 2.74. The highest BCUT2D eigenvalue weighted by Crippen LogP contribution is 2.33. The molecular formula is C8H5ClFNO2. The zero-order chi connectivity index (χ0) is 9.84. The second-order valence-electron chi connectivity index (χ2n) is 2.12. The molecule has 0 unspecified atom stereocenters. The molecule has 0 aromatic heterocycles. The third kappa shape index (κ3) is 1.86. The van der Waals surface area contributed by atoms with Gasteiger partial charge in [-0.15, -0.1) is 0 Å². The quantitative estimate of drug-likeness (QED) is 0.545. The monoisotopic (exact) mass is 201 g/mol. The van der Waals surface area contributed by atoms with Gasteiger partial charge in [0, 0.05) is 0 Å². The van der Waals surface area contributed by atoms with Crippen LogP contribution in [0.3, 0.4) is 0 Å². The molecule has 1 aromatic carbocycles. The SMILES string of the molecule is COc1ccc(Cl)c(N=C=O)c1F. The van der Waals surface area contributed by atoms with Gasteiger partial charge in [-0.2, -0.15) is 4.99 Å². The highest BCUT2D eigenvalue weighted by Gasteiger charge is 2.11. The Hall–Kier alpha value is -1.38. The van der Waals surface area contributed by atoms with E-state index in [-0.39, 0.29) is 16.5 Å². The highest BCUT2D eigenvalue weighted by atomic mass is 35.5. The molecule has 0 atom stereocenters. The van der Waals surface area contributed by atoms with E-state index in [2.05, 4.69) is 9.73 Å². The number of halogens is 2. The van der Waals surface area contributed by atoms with E-state index >= 15 is 0 Å². The van der Waals surface area contributed by atoms with Crippen molar-refractivity contribution in [2.75, 3.05) is 7.11 Å². The lowest BCUT2D eigenvalue weighted by Crippen LogP contribution is -1.88. The molecule has 0 heterocycles. The first-order valence-corrected chi connectivity index (χ1v) is 3.68. The van der Waals surface area contributed by atoms with Gasteiger partial charge in [0.2, 0.25) is 6.08 Å². The van der Waals surface area contributed by atoms with E-state index in [1.54, 1.807) is 0 Å². The molecule has 3 nitrogen and oxygen atoms in total. The third-order valence-electron chi connectivity index (χ3n) is 1.41. The normalized spacial score (nSPS) is 9.15. The van der Waals surface area contributed by atoms with Gasteiger partial charge >= 0.3 is 0 Å². The van der Waals surface area contributed by atoms with Crippen LogP contribution in [-0.4, -0.2) is 13.2 Å². The van der Waals surface area contributed by atoms with Crippen molar-refractivity contribution in [3.63, 3.8) is 0 Å². The standard InChI is InChI=1S/C8H5ClFNO2/c1-13-6-3-2-5(9)8(7(6)10)11-4-12/h2-3H,1H3. The maximum Gasteiger partial charge on any atom is 0.240 e. The van der Waals surface area contributed by atoms with E-state index in [0.717, 1.165) is 0 Å². The summed E-state index contributed by atoms with van der Waals surface area (Å²) in [4.78, 5) is 13.0.